The molecule has 0 bridgehead atoms. The van der Waals surface area contributed by atoms with Crippen LogP contribution < -0.4 is 24.4 Å². The average molecular weight is 399 g/mol. The van der Waals surface area contributed by atoms with E-state index in [4.69, 9.17) is 14.2 Å². The molecule has 1 N–H and O–H groups in total. The molecule has 0 atom stereocenters. The third-order valence-electron chi connectivity index (χ3n) is 5.21. The van der Waals surface area contributed by atoms with Crippen LogP contribution >= 0.6 is 0 Å². The Balaban J connectivity index is 1.76. The predicted molar refractivity (Wildman–Crippen MR) is 116 cm³/mol. The SMILES string of the molecule is COc1cc(CC(=O)Nc2ccccc2N2CCCCCC2)cc(OC)c1OC. The van der Waals surface area contributed by atoms with E-state index in [0.29, 0.717) is 17.2 Å². The molecule has 0 radical (unpaired) electrons. The summed E-state index contributed by atoms with van der Waals surface area (Å²) in [6, 6.07) is 11.6. The number of benzene rings is 2. The van der Waals surface area contributed by atoms with E-state index in [9.17, 15) is 4.79 Å². The van der Waals surface area contributed by atoms with Crippen LogP contribution in [0.4, 0.5) is 11.4 Å². The van der Waals surface area contributed by atoms with Crippen molar-refractivity contribution in [1.82, 2.24) is 0 Å². The number of para-hydroxylation sites is 2. The summed E-state index contributed by atoms with van der Waals surface area (Å²) in [5.41, 5.74) is 2.74. The topological polar surface area (TPSA) is 60.0 Å². The highest BCUT2D eigenvalue weighted by atomic mass is 16.5. The summed E-state index contributed by atoms with van der Waals surface area (Å²) in [7, 11) is 4.70. The standard InChI is InChI=1S/C23H30N2O4/c1-27-20-14-17(15-21(28-2)23(20)29-3)16-22(26)24-18-10-6-7-11-19(18)25-12-8-4-5-9-13-25/h6-7,10-11,14-15H,4-5,8-9,12-13,16H2,1-3H3,(H,24,26). The summed E-state index contributed by atoms with van der Waals surface area (Å²) in [5, 5.41) is 3.09. The number of nitrogens with one attached hydrogen (secondary N) is 1. The third-order valence-corrected chi connectivity index (χ3v) is 5.21. The van der Waals surface area contributed by atoms with Gasteiger partial charge in [0.2, 0.25) is 11.7 Å². The van der Waals surface area contributed by atoms with Crippen molar-refractivity contribution in [2.24, 2.45) is 0 Å². The van der Waals surface area contributed by atoms with Gasteiger partial charge in [0.05, 0.1) is 39.1 Å². The maximum absolute atomic E-state index is 12.8. The predicted octanol–water partition coefficient (Wildman–Crippen LogP) is 4.27. The first-order chi connectivity index (χ1) is 14.2. The van der Waals surface area contributed by atoms with Crippen LogP contribution in [0.2, 0.25) is 0 Å². The lowest BCUT2D eigenvalue weighted by Gasteiger charge is -2.25. The van der Waals surface area contributed by atoms with Crippen LogP contribution in [-0.4, -0.2) is 40.3 Å². The van der Waals surface area contributed by atoms with E-state index in [1.807, 2.05) is 30.3 Å². The Labute approximate surface area is 172 Å². The van der Waals surface area contributed by atoms with Crippen molar-refractivity contribution in [3.05, 3.63) is 42.0 Å². The van der Waals surface area contributed by atoms with E-state index >= 15 is 0 Å². The summed E-state index contributed by atoms with van der Waals surface area (Å²) < 4.78 is 16.1. The Morgan fingerprint density at radius 2 is 1.55 bits per heavy atom. The molecule has 29 heavy (non-hydrogen) atoms. The number of carbonyl (C=O) groups excluding carboxylic acids is 1. The maximum Gasteiger partial charge on any atom is 0.228 e. The van der Waals surface area contributed by atoms with Crippen molar-refractivity contribution in [2.75, 3.05) is 44.6 Å². The van der Waals surface area contributed by atoms with Gasteiger partial charge in [0.25, 0.3) is 0 Å². The molecule has 2 aromatic carbocycles. The van der Waals surface area contributed by atoms with Crippen LogP contribution in [0.3, 0.4) is 0 Å². The molecule has 0 aromatic heterocycles. The molecule has 0 unspecified atom stereocenters. The van der Waals surface area contributed by atoms with Crippen LogP contribution in [0.15, 0.2) is 36.4 Å². The van der Waals surface area contributed by atoms with Gasteiger partial charge in [-0.15, -0.1) is 0 Å². The minimum Gasteiger partial charge on any atom is -0.493 e. The van der Waals surface area contributed by atoms with Gasteiger partial charge in [-0.05, 0) is 42.7 Å². The molecular weight excluding hydrogens is 368 g/mol. The van der Waals surface area contributed by atoms with Crippen LogP contribution in [0.1, 0.15) is 31.2 Å². The van der Waals surface area contributed by atoms with Gasteiger partial charge in [0.15, 0.2) is 11.5 Å². The van der Waals surface area contributed by atoms with E-state index in [2.05, 4.69) is 16.3 Å². The summed E-state index contributed by atoms with van der Waals surface area (Å²) in [4.78, 5) is 15.2. The lowest BCUT2D eigenvalue weighted by Crippen LogP contribution is -2.26. The number of anilines is 2. The second-order valence-electron chi connectivity index (χ2n) is 7.18. The first-order valence-electron chi connectivity index (χ1n) is 10.1. The van der Waals surface area contributed by atoms with Crippen molar-refractivity contribution < 1.29 is 19.0 Å². The fourth-order valence-electron chi connectivity index (χ4n) is 3.78. The van der Waals surface area contributed by atoms with Crippen LogP contribution in [-0.2, 0) is 11.2 Å². The molecule has 1 aliphatic heterocycles. The quantitative estimate of drug-likeness (QED) is 0.755. The molecule has 1 fully saturated rings. The highest BCUT2D eigenvalue weighted by molar-refractivity contribution is 5.95. The Bertz CT molecular complexity index is 804. The lowest BCUT2D eigenvalue weighted by atomic mass is 10.1. The van der Waals surface area contributed by atoms with E-state index in [-0.39, 0.29) is 12.3 Å². The lowest BCUT2D eigenvalue weighted by molar-refractivity contribution is -0.115. The fourth-order valence-corrected chi connectivity index (χ4v) is 3.78. The largest absolute Gasteiger partial charge is 0.493 e. The number of hydrogen-bond acceptors (Lipinski definition) is 5. The van der Waals surface area contributed by atoms with Gasteiger partial charge in [-0.25, -0.2) is 0 Å². The fraction of sp³-hybridized carbons (Fsp3) is 0.435. The molecule has 1 amide bonds. The summed E-state index contributed by atoms with van der Waals surface area (Å²) in [5.74, 6) is 1.52. The summed E-state index contributed by atoms with van der Waals surface area (Å²) >= 11 is 0. The first-order valence-corrected chi connectivity index (χ1v) is 10.1. The highest BCUT2D eigenvalue weighted by Gasteiger charge is 2.17. The molecule has 156 valence electrons. The zero-order valence-electron chi connectivity index (χ0n) is 17.5. The maximum atomic E-state index is 12.8. The number of rotatable bonds is 7. The van der Waals surface area contributed by atoms with E-state index < -0.39 is 0 Å². The number of hydrogen-bond donors (Lipinski definition) is 1. The van der Waals surface area contributed by atoms with Crippen molar-refractivity contribution in [3.63, 3.8) is 0 Å². The second kappa shape index (κ2) is 10.0. The van der Waals surface area contributed by atoms with E-state index in [0.717, 1.165) is 30.0 Å². The van der Waals surface area contributed by atoms with Gasteiger partial charge in [-0.3, -0.25) is 4.79 Å². The molecule has 0 saturated carbocycles. The van der Waals surface area contributed by atoms with Gasteiger partial charge in [0, 0.05) is 13.1 Å². The zero-order valence-corrected chi connectivity index (χ0v) is 17.5. The molecule has 1 aliphatic rings. The third kappa shape index (κ3) is 5.13. The number of amides is 1. The number of ether oxygens (including phenoxy) is 3. The molecule has 6 heteroatoms. The minimum atomic E-state index is -0.0819. The molecule has 2 aromatic rings. The van der Waals surface area contributed by atoms with Gasteiger partial charge in [0.1, 0.15) is 0 Å². The number of carbonyl (C=O) groups is 1. The minimum absolute atomic E-state index is 0.0819. The molecule has 0 spiro atoms. The second-order valence-corrected chi connectivity index (χ2v) is 7.18. The molecule has 1 heterocycles. The van der Waals surface area contributed by atoms with Crippen molar-refractivity contribution in [1.29, 1.82) is 0 Å². The van der Waals surface area contributed by atoms with Gasteiger partial charge in [-0.2, -0.15) is 0 Å². The molecule has 0 aliphatic carbocycles. The average Bonchev–Trinajstić information content (AvgIpc) is 3.02. The summed E-state index contributed by atoms with van der Waals surface area (Å²) in [6.45, 7) is 2.06. The van der Waals surface area contributed by atoms with E-state index in [1.54, 1.807) is 21.3 Å². The van der Waals surface area contributed by atoms with Crippen molar-refractivity contribution in [2.45, 2.75) is 32.1 Å². The van der Waals surface area contributed by atoms with Crippen molar-refractivity contribution >= 4 is 17.3 Å². The van der Waals surface area contributed by atoms with Gasteiger partial charge in [-0.1, -0.05) is 25.0 Å². The molecule has 3 rings (SSSR count). The van der Waals surface area contributed by atoms with Crippen LogP contribution in [0.25, 0.3) is 0 Å². The molecule has 6 nitrogen and oxygen atoms in total. The zero-order chi connectivity index (χ0) is 20.6. The van der Waals surface area contributed by atoms with Crippen LogP contribution in [0.5, 0.6) is 17.2 Å². The van der Waals surface area contributed by atoms with Crippen LogP contribution in [0, 0.1) is 0 Å². The highest BCUT2D eigenvalue weighted by Crippen LogP contribution is 2.38. The number of methoxy groups -OCH3 is 3. The van der Waals surface area contributed by atoms with Gasteiger partial charge >= 0.3 is 0 Å². The molecule has 1 saturated heterocycles. The monoisotopic (exact) mass is 398 g/mol. The Morgan fingerprint density at radius 1 is 0.931 bits per heavy atom. The van der Waals surface area contributed by atoms with Crippen molar-refractivity contribution in [3.8, 4) is 17.2 Å². The Kier molecular flexibility index (Phi) is 7.22. The normalized spacial score (nSPS) is 14.1. The molecular formula is C23H30N2O4. The number of nitrogens with zero attached hydrogens (tertiary/aromatic N) is 1. The smallest absolute Gasteiger partial charge is 0.228 e. The first kappa shape index (κ1) is 20.8. The van der Waals surface area contributed by atoms with E-state index in [1.165, 1.54) is 25.7 Å². The Morgan fingerprint density at radius 3 is 2.14 bits per heavy atom. The summed E-state index contributed by atoms with van der Waals surface area (Å²) in [6.07, 6.45) is 5.13. The van der Waals surface area contributed by atoms with Gasteiger partial charge < -0.3 is 24.4 Å². The Hall–Kier alpha value is -2.89.